The largest absolute Gasteiger partial charge is 0.497 e. The Balaban J connectivity index is 2.91. The van der Waals surface area contributed by atoms with Gasteiger partial charge in [-0.05, 0) is 6.07 Å². The molecule has 0 unspecified atom stereocenters. The standard InChI is InChI=1S/C13H18O3/c1-9(2)12(14)7-10-5-6-11(15-3)8-13(10)16-4/h5-6,8-9H,7H2,1-4H3. The number of methoxy groups -OCH3 is 2. The van der Waals surface area contributed by atoms with Crippen molar-refractivity contribution in [2.75, 3.05) is 14.2 Å². The third-order valence-electron chi connectivity index (χ3n) is 2.50. The minimum Gasteiger partial charge on any atom is -0.497 e. The molecule has 0 amide bonds. The molecular formula is C13H18O3. The Kier molecular flexibility index (Phi) is 4.35. The molecule has 0 heterocycles. The highest BCUT2D eigenvalue weighted by Gasteiger charge is 2.12. The second-order valence-electron chi connectivity index (χ2n) is 3.98. The zero-order chi connectivity index (χ0) is 12.1. The lowest BCUT2D eigenvalue weighted by molar-refractivity contribution is -0.121. The van der Waals surface area contributed by atoms with E-state index in [1.165, 1.54) is 0 Å². The molecule has 0 aromatic heterocycles. The van der Waals surface area contributed by atoms with Crippen molar-refractivity contribution < 1.29 is 14.3 Å². The van der Waals surface area contributed by atoms with Gasteiger partial charge in [-0.25, -0.2) is 0 Å². The number of carbonyl (C=O) groups excluding carboxylic acids is 1. The Morgan fingerprint density at radius 3 is 2.44 bits per heavy atom. The lowest BCUT2D eigenvalue weighted by atomic mass is 10.0. The Hall–Kier alpha value is -1.51. The van der Waals surface area contributed by atoms with Crippen LogP contribution in [0.15, 0.2) is 18.2 Å². The maximum absolute atomic E-state index is 11.6. The average Bonchev–Trinajstić information content (AvgIpc) is 2.29. The molecule has 0 saturated heterocycles. The van der Waals surface area contributed by atoms with Crippen molar-refractivity contribution in [3.05, 3.63) is 23.8 Å². The van der Waals surface area contributed by atoms with Crippen LogP contribution < -0.4 is 9.47 Å². The molecule has 1 aromatic carbocycles. The minimum absolute atomic E-state index is 0.0480. The Morgan fingerprint density at radius 1 is 1.25 bits per heavy atom. The number of carbonyl (C=O) groups is 1. The molecule has 3 heteroatoms. The molecule has 0 aliphatic rings. The first-order chi connectivity index (χ1) is 7.58. The zero-order valence-electron chi connectivity index (χ0n) is 10.2. The molecule has 0 saturated carbocycles. The molecule has 0 aliphatic carbocycles. The lowest BCUT2D eigenvalue weighted by Gasteiger charge is -2.10. The quantitative estimate of drug-likeness (QED) is 0.767. The first-order valence-corrected chi connectivity index (χ1v) is 5.32. The summed E-state index contributed by atoms with van der Waals surface area (Å²) in [6.07, 6.45) is 0.408. The van der Waals surface area contributed by atoms with Crippen LogP contribution in [0.3, 0.4) is 0 Å². The number of rotatable bonds is 5. The SMILES string of the molecule is COc1ccc(CC(=O)C(C)C)c(OC)c1. The van der Waals surface area contributed by atoms with Gasteiger partial charge in [0.1, 0.15) is 17.3 Å². The highest BCUT2D eigenvalue weighted by atomic mass is 16.5. The first kappa shape index (κ1) is 12.6. The third kappa shape index (κ3) is 2.99. The summed E-state index contributed by atoms with van der Waals surface area (Å²) in [4.78, 5) is 11.6. The highest BCUT2D eigenvalue weighted by Crippen LogP contribution is 2.25. The third-order valence-corrected chi connectivity index (χ3v) is 2.50. The van der Waals surface area contributed by atoms with E-state index in [-0.39, 0.29) is 11.7 Å². The molecule has 0 aliphatic heterocycles. The Labute approximate surface area is 96.4 Å². The second-order valence-corrected chi connectivity index (χ2v) is 3.98. The van der Waals surface area contributed by atoms with Crippen molar-refractivity contribution in [2.45, 2.75) is 20.3 Å². The normalized spacial score (nSPS) is 10.3. The fourth-order valence-corrected chi connectivity index (χ4v) is 1.39. The number of benzene rings is 1. The Morgan fingerprint density at radius 2 is 1.94 bits per heavy atom. The molecule has 1 aromatic rings. The van der Waals surface area contributed by atoms with Crippen LogP contribution in [-0.2, 0) is 11.2 Å². The van der Waals surface area contributed by atoms with E-state index in [1.54, 1.807) is 20.3 Å². The first-order valence-electron chi connectivity index (χ1n) is 5.32. The van der Waals surface area contributed by atoms with Crippen molar-refractivity contribution in [3.63, 3.8) is 0 Å². The lowest BCUT2D eigenvalue weighted by Crippen LogP contribution is -2.11. The van der Waals surface area contributed by atoms with Gasteiger partial charge in [-0.2, -0.15) is 0 Å². The molecule has 0 radical (unpaired) electrons. The molecule has 0 N–H and O–H groups in total. The van der Waals surface area contributed by atoms with Crippen LogP contribution in [-0.4, -0.2) is 20.0 Å². The summed E-state index contributed by atoms with van der Waals surface area (Å²) in [7, 11) is 3.20. The van der Waals surface area contributed by atoms with Gasteiger partial charge in [0.05, 0.1) is 14.2 Å². The topological polar surface area (TPSA) is 35.5 Å². The molecular weight excluding hydrogens is 204 g/mol. The monoisotopic (exact) mass is 222 g/mol. The van der Waals surface area contributed by atoms with Crippen LogP contribution >= 0.6 is 0 Å². The van der Waals surface area contributed by atoms with Crippen LogP contribution in [0.2, 0.25) is 0 Å². The van der Waals surface area contributed by atoms with Gasteiger partial charge >= 0.3 is 0 Å². The molecule has 88 valence electrons. The maximum atomic E-state index is 11.6. The summed E-state index contributed by atoms with van der Waals surface area (Å²) in [6.45, 7) is 3.80. The number of ketones is 1. The Bertz CT molecular complexity index is 369. The van der Waals surface area contributed by atoms with E-state index < -0.39 is 0 Å². The van der Waals surface area contributed by atoms with Gasteiger partial charge in [-0.15, -0.1) is 0 Å². The van der Waals surface area contributed by atoms with Gasteiger partial charge in [-0.1, -0.05) is 19.9 Å². The predicted octanol–water partition coefficient (Wildman–Crippen LogP) is 2.47. The van der Waals surface area contributed by atoms with Crippen molar-refractivity contribution in [1.29, 1.82) is 0 Å². The minimum atomic E-state index is 0.0480. The van der Waals surface area contributed by atoms with Gasteiger partial charge in [0.25, 0.3) is 0 Å². The number of ether oxygens (including phenoxy) is 2. The molecule has 0 atom stereocenters. The van der Waals surface area contributed by atoms with Crippen LogP contribution in [0.1, 0.15) is 19.4 Å². The number of hydrogen-bond acceptors (Lipinski definition) is 3. The van der Waals surface area contributed by atoms with Crippen molar-refractivity contribution in [2.24, 2.45) is 5.92 Å². The van der Waals surface area contributed by atoms with E-state index in [2.05, 4.69) is 0 Å². The van der Waals surface area contributed by atoms with E-state index in [0.717, 1.165) is 11.3 Å². The van der Waals surface area contributed by atoms with E-state index in [4.69, 9.17) is 9.47 Å². The molecule has 0 bridgehead atoms. The van der Waals surface area contributed by atoms with Crippen molar-refractivity contribution >= 4 is 5.78 Å². The van der Waals surface area contributed by atoms with Gasteiger partial charge in [0.15, 0.2) is 0 Å². The summed E-state index contributed by atoms with van der Waals surface area (Å²) in [5.74, 6) is 1.70. The fourth-order valence-electron chi connectivity index (χ4n) is 1.39. The van der Waals surface area contributed by atoms with E-state index in [9.17, 15) is 4.79 Å². The van der Waals surface area contributed by atoms with Crippen LogP contribution in [0.25, 0.3) is 0 Å². The van der Waals surface area contributed by atoms with Crippen LogP contribution in [0, 0.1) is 5.92 Å². The maximum Gasteiger partial charge on any atom is 0.139 e. The smallest absolute Gasteiger partial charge is 0.139 e. The van der Waals surface area contributed by atoms with E-state index >= 15 is 0 Å². The summed E-state index contributed by atoms with van der Waals surface area (Å²) < 4.78 is 10.3. The highest BCUT2D eigenvalue weighted by molar-refractivity contribution is 5.83. The van der Waals surface area contributed by atoms with Gasteiger partial charge < -0.3 is 9.47 Å². The number of hydrogen-bond donors (Lipinski definition) is 0. The van der Waals surface area contributed by atoms with Crippen molar-refractivity contribution in [3.8, 4) is 11.5 Å². The van der Waals surface area contributed by atoms with E-state index in [1.807, 2.05) is 26.0 Å². The summed E-state index contributed by atoms with van der Waals surface area (Å²) in [5.41, 5.74) is 0.905. The molecule has 0 fully saturated rings. The van der Waals surface area contributed by atoms with Gasteiger partial charge in [-0.3, -0.25) is 4.79 Å². The van der Waals surface area contributed by atoms with Crippen molar-refractivity contribution in [1.82, 2.24) is 0 Å². The van der Waals surface area contributed by atoms with E-state index in [0.29, 0.717) is 12.2 Å². The second kappa shape index (κ2) is 5.54. The molecule has 16 heavy (non-hydrogen) atoms. The summed E-state index contributed by atoms with van der Waals surface area (Å²) >= 11 is 0. The van der Waals surface area contributed by atoms with Crippen LogP contribution in [0.5, 0.6) is 11.5 Å². The fraction of sp³-hybridized carbons (Fsp3) is 0.462. The van der Waals surface area contributed by atoms with Gasteiger partial charge in [0, 0.05) is 24.0 Å². The van der Waals surface area contributed by atoms with Gasteiger partial charge in [0.2, 0.25) is 0 Å². The summed E-state index contributed by atoms with van der Waals surface area (Å²) in [6, 6.07) is 5.51. The zero-order valence-corrected chi connectivity index (χ0v) is 10.2. The molecule has 0 spiro atoms. The van der Waals surface area contributed by atoms with Crippen LogP contribution in [0.4, 0.5) is 0 Å². The molecule has 3 nitrogen and oxygen atoms in total. The molecule has 1 rings (SSSR count). The predicted molar refractivity (Wildman–Crippen MR) is 63.1 cm³/mol. The summed E-state index contributed by atoms with van der Waals surface area (Å²) in [5, 5.41) is 0. The average molecular weight is 222 g/mol. The number of Topliss-reactive ketones (excluding diaryl/α,β-unsaturated/α-hetero) is 1.